The highest BCUT2D eigenvalue weighted by molar-refractivity contribution is 6.30. The summed E-state index contributed by atoms with van der Waals surface area (Å²) in [6.07, 6.45) is 3.39. The second-order valence-electron chi connectivity index (χ2n) is 6.96. The van der Waals surface area contributed by atoms with E-state index >= 15 is 0 Å². The zero-order valence-corrected chi connectivity index (χ0v) is 16.3. The van der Waals surface area contributed by atoms with E-state index in [-0.39, 0.29) is 11.4 Å². The zero-order chi connectivity index (χ0) is 18.3. The second kappa shape index (κ2) is 9.56. The van der Waals surface area contributed by atoms with Crippen LogP contribution in [0.4, 0.5) is 0 Å². The highest BCUT2D eigenvalue weighted by Gasteiger charge is 2.42. The molecule has 0 aromatic heterocycles. The number of methoxy groups -OCH3 is 1. The summed E-state index contributed by atoms with van der Waals surface area (Å²) >= 11 is 5.96. The van der Waals surface area contributed by atoms with Crippen LogP contribution in [0, 0.1) is 5.41 Å². The topological polar surface area (TPSA) is 38.8 Å². The Balaban J connectivity index is 1.95. The molecular weight excluding hydrogens is 338 g/mol. The molecule has 140 valence electrons. The lowest BCUT2D eigenvalue weighted by Gasteiger charge is -2.42. The van der Waals surface area contributed by atoms with Gasteiger partial charge in [0.25, 0.3) is 0 Å². The van der Waals surface area contributed by atoms with Gasteiger partial charge in [-0.1, -0.05) is 23.7 Å². The van der Waals surface area contributed by atoms with Crippen molar-refractivity contribution in [1.82, 2.24) is 4.90 Å². The van der Waals surface area contributed by atoms with Crippen LogP contribution in [0.2, 0.25) is 5.02 Å². The number of piperidine rings is 1. The number of benzene rings is 1. The summed E-state index contributed by atoms with van der Waals surface area (Å²) in [5.41, 5.74) is 0.904. The minimum Gasteiger partial charge on any atom is -0.466 e. The first-order chi connectivity index (χ1) is 12.0. The molecule has 1 saturated heterocycles. The third-order valence-electron chi connectivity index (χ3n) is 5.32. The fourth-order valence-electron chi connectivity index (χ4n) is 3.62. The summed E-state index contributed by atoms with van der Waals surface area (Å²) in [6.45, 7) is 6.98. The van der Waals surface area contributed by atoms with Crippen molar-refractivity contribution in [3.8, 4) is 0 Å². The van der Waals surface area contributed by atoms with Crippen LogP contribution in [0.5, 0.6) is 0 Å². The van der Waals surface area contributed by atoms with Gasteiger partial charge in [0, 0.05) is 24.8 Å². The monoisotopic (exact) mass is 367 g/mol. The molecule has 1 atom stereocenters. The maximum absolute atomic E-state index is 12.5. The molecule has 0 spiro atoms. The van der Waals surface area contributed by atoms with E-state index in [1.807, 2.05) is 19.1 Å². The molecule has 1 aliphatic heterocycles. The molecule has 0 N–H and O–H groups in total. The quantitative estimate of drug-likeness (QED) is 0.652. The molecule has 25 heavy (non-hydrogen) atoms. The molecule has 0 saturated carbocycles. The Bertz CT molecular complexity index is 538. The van der Waals surface area contributed by atoms with Gasteiger partial charge in [0.2, 0.25) is 0 Å². The van der Waals surface area contributed by atoms with Gasteiger partial charge in [-0.3, -0.25) is 4.79 Å². The van der Waals surface area contributed by atoms with E-state index in [1.165, 1.54) is 5.56 Å². The number of ether oxygens (including phenoxy) is 2. The van der Waals surface area contributed by atoms with Crippen LogP contribution in [-0.4, -0.2) is 50.3 Å². The largest absolute Gasteiger partial charge is 0.466 e. The van der Waals surface area contributed by atoms with Gasteiger partial charge in [0.1, 0.15) is 0 Å². The van der Waals surface area contributed by atoms with Crippen LogP contribution in [0.3, 0.4) is 0 Å². The van der Waals surface area contributed by atoms with E-state index in [0.29, 0.717) is 19.3 Å². The molecule has 5 heteroatoms. The molecule has 1 heterocycles. The van der Waals surface area contributed by atoms with E-state index in [0.717, 1.165) is 43.8 Å². The molecule has 0 unspecified atom stereocenters. The molecule has 0 aliphatic carbocycles. The lowest BCUT2D eigenvalue weighted by molar-refractivity contribution is -0.160. The van der Waals surface area contributed by atoms with E-state index < -0.39 is 0 Å². The lowest BCUT2D eigenvalue weighted by atomic mass is 9.75. The van der Waals surface area contributed by atoms with Crippen LogP contribution >= 0.6 is 11.6 Å². The van der Waals surface area contributed by atoms with Crippen molar-refractivity contribution >= 4 is 17.6 Å². The number of likely N-dealkylation sites (tertiary alicyclic amines) is 1. The summed E-state index contributed by atoms with van der Waals surface area (Å²) in [4.78, 5) is 15.0. The fraction of sp³-hybridized carbons (Fsp3) is 0.650. The number of halogens is 1. The van der Waals surface area contributed by atoms with Gasteiger partial charge in [-0.05, 0) is 70.3 Å². The van der Waals surface area contributed by atoms with Gasteiger partial charge < -0.3 is 14.4 Å². The fourth-order valence-corrected chi connectivity index (χ4v) is 3.75. The SMILES string of the molecule is CCOC(=O)C1(CCOC)CCN([C@@H](C)Cc2ccc(Cl)cc2)CC1. The summed E-state index contributed by atoms with van der Waals surface area (Å²) in [7, 11) is 1.68. The molecule has 1 aliphatic rings. The van der Waals surface area contributed by atoms with Crippen molar-refractivity contribution in [3.63, 3.8) is 0 Å². The molecule has 0 amide bonds. The number of carbonyl (C=O) groups is 1. The molecule has 2 rings (SSSR count). The predicted octanol–water partition coefficient (Wildman–Crippen LogP) is 3.95. The number of hydrogen-bond acceptors (Lipinski definition) is 4. The molecular formula is C20H30ClNO3. The normalized spacial score (nSPS) is 18.7. The molecule has 0 bridgehead atoms. The average Bonchev–Trinajstić information content (AvgIpc) is 2.62. The van der Waals surface area contributed by atoms with Gasteiger partial charge >= 0.3 is 5.97 Å². The highest BCUT2D eigenvalue weighted by atomic mass is 35.5. The summed E-state index contributed by atoms with van der Waals surface area (Å²) in [6, 6.07) is 8.49. The van der Waals surface area contributed by atoms with Crippen molar-refractivity contribution < 1.29 is 14.3 Å². The number of carbonyl (C=O) groups excluding carboxylic acids is 1. The minimum atomic E-state index is -0.386. The molecule has 1 aromatic rings. The Kier molecular flexibility index (Phi) is 7.73. The molecule has 1 aromatic carbocycles. The highest BCUT2D eigenvalue weighted by Crippen LogP contribution is 2.37. The first-order valence-corrected chi connectivity index (χ1v) is 9.53. The first-order valence-electron chi connectivity index (χ1n) is 9.15. The molecule has 0 radical (unpaired) electrons. The standard InChI is InChI=1S/C20H30ClNO3/c1-4-25-19(23)20(11-14-24-3)9-12-22(13-10-20)16(2)15-17-5-7-18(21)8-6-17/h5-8,16H,4,9-15H2,1-3H3/t16-/m0/s1. The maximum atomic E-state index is 12.5. The van der Waals surface area contributed by atoms with Crippen LogP contribution < -0.4 is 0 Å². The molecule has 4 nitrogen and oxygen atoms in total. The Labute approximate surface area is 156 Å². The summed E-state index contributed by atoms with van der Waals surface area (Å²) < 4.78 is 10.6. The van der Waals surface area contributed by atoms with Gasteiger partial charge in [0.15, 0.2) is 0 Å². The van der Waals surface area contributed by atoms with Crippen LogP contribution in [0.15, 0.2) is 24.3 Å². The number of esters is 1. The average molecular weight is 368 g/mol. The minimum absolute atomic E-state index is 0.0583. The first kappa shape index (κ1) is 20.2. The van der Waals surface area contributed by atoms with Crippen molar-refractivity contribution in [2.45, 2.75) is 45.6 Å². The number of rotatable bonds is 8. The molecule has 1 fully saturated rings. The maximum Gasteiger partial charge on any atom is 0.312 e. The number of hydrogen-bond donors (Lipinski definition) is 0. The van der Waals surface area contributed by atoms with Gasteiger partial charge in [-0.25, -0.2) is 0 Å². The lowest BCUT2D eigenvalue weighted by Crippen LogP contribution is -2.48. The van der Waals surface area contributed by atoms with Crippen LogP contribution in [0.1, 0.15) is 38.7 Å². The van der Waals surface area contributed by atoms with E-state index in [9.17, 15) is 4.79 Å². The predicted molar refractivity (Wildman–Crippen MR) is 101 cm³/mol. The van der Waals surface area contributed by atoms with Gasteiger partial charge in [-0.2, -0.15) is 0 Å². The van der Waals surface area contributed by atoms with Crippen LogP contribution in [0.25, 0.3) is 0 Å². The Morgan fingerprint density at radius 2 is 1.92 bits per heavy atom. The van der Waals surface area contributed by atoms with E-state index in [1.54, 1.807) is 7.11 Å². The Hall–Kier alpha value is -1.10. The number of nitrogens with zero attached hydrogens (tertiary/aromatic N) is 1. The zero-order valence-electron chi connectivity index (χ0n) is 15.6. The summed E-state index contributed by atoms with van der Waals surface area (Å²) in [5, 5.41) is 0.770. The second-order valence-corrected chi connectivity index (χ2v) is 7.40. The van der Waals surface area contributed by atoms with Crippen molar-refractivity contribution in [2.24, 2.45) is 5.41 Å². The van der Waals surface area contributed by atoms with E-state index in [4.69, 9.17) is 21.1 Å². The Morgan fingerprint density at radius 1 is 1.28 bits per heavy atom. The van der Waals surface area contributed by atoms with Gasteiger partial charge in [-0.15, -0.1) is 0 Å². The third kappa shape index (κ3) is 5.44. The van der Waals surface area contributed by atoms with Crippen molar-refractivity contribution in [3.05, 3.63) is 34.9 Å². The van der Waals surface area contributed by atoms with E-state index in [2.05, 4.69) is 24.0 Å². The van der Waals surface area contributed by atoms with Gasteiger partial charge in [0.05, 0.1) is 12.0 Å². The smallest absolute Gasteiger partial charge is 0.312 e. The Morgan fingerprint density at radius 3 is 2.48 bits per heavy atom. The summed E-state index contributed by atoms with van der Waals surface area (Å²) in [5.74, 6) is -0.0583. The van der Waals surface area contributed by atoms with Crippen molar-refractivity contribution in [1.29, 1.82) is 0 Å². The van der Waals surface area contributed by atoms with Crippen LogP contribution in [-0.2, 0) is 20.7 Å². The third-order valence-corrected chi connectivity index (χ3v) is 5.57. The van der Waals surface area contributed by atoms with Crippen molar-refractivity contribution in [2.75, 3.05) is 33.4 Å².